The van der Waals surface area contributed by atoms with Crippen LogP contribution in [0.5, 0.6) is 0 Å². The number of rotatable bonds is 3. The van der Waals surface area contributed by atoms with E-state index in [1.54, 1.807) is 12.3 Å². The average molecular weight is 329 g/mol. The summed E-state index contributed by atoms with van der Waals surface area (Å²) in [6, 6.07) is 1.74. The van der Waals surface area contributed by atoms with Gasteiger partial charge in [-0.2, -0.15) is 0 Å². The number of nitro groups is 1. The smallest absolute Gasteiger partial charge is 0.310 e. The molecule has 6 heteroatoms. The van der Waals surface area contributed by atoms with Gasteiger partial charge in [0.05, 0.1) is 13.0 Å². The number of hydrogen-bond acceptors (Lipinski definition) is 4. The molecule has 1 aromatic heterocycles. The molecule has 1 aromatic rings. The van der Waals surface area contributed by atoms with Crippen LogP contribution in [0, 0.1) is 22.0 Å². The molecule has 0 aliphatic carbocycles. The first kappa shape index (κ1) is 17.2. The molecular weight excluding hydrogens is 306 g/mol. The van der Waals surface area contributed by atoms with E-state index in [1.807, 2.05) is 6.92 Å². The molecule has 5 nitrogen and oxygen atoms in total. The zero-order valence-electron chi connectivity index (χ0n) is 14.2. The van der Waals surface area contributed by atoms with E-state index in [0.29, 0.717) is 5.69 Å². The minimum Gasteiger partial charge on any atom is -0.339 e. The zero-order chi connectivity index (χ0) is 17.0. The molecule has 2 heterocycles. The standard InChI is InChI=1S/C17H23N3O2Si/c1-5-8-17(23(2,3)4)15-9-6-7-12-19(15)14-10-11-18-13-16(14)20(21)22/h10-11,13H,6-7,9,12H2,1-4H3. The fourth-order valence-electron chi connectivity index (χ4n) is 2.92. The van der Waals surface area contributed by atoms with Crippen LogP contribution in [-0.4, -0.2) is 24.5 Å². The largest absolute Gasteiger partial charge is 0.339 e. The van der Waals surface area contributed by atoms with E-state index >= 15 is 0 Å². The molecule has 1 saturated heterocycles. The first-order chi connectivity index (χ1) is 10.9. The second-order valence-corrected chi connectivity index (χ2v) is 11.7. The summed E-state index contributed by atoms with van der Waals surface area (Å²) in [5.74, 6) is 6.34. The molecule has 0 radical (unpaired) electrons. The maximum Gasteiger partial charge on any atom is 0.310 e. The van der Waals surface area contributed by atoms with Crippen molar-refractivity contribution in [3.05, 3.63) is 39.5 Å². The summed E-state index contributed by atoms with van der Waals surface area (Å²) in [6.07, 6.45) is 6.01. The van der Waals surface area contributed by atoms with E-state index in [0.717, 1.165) is 25.8 Å². The summed E-state index contributed by atoms with van der Waals surface area (Å²) in [5, 5.41) is 12.6. The third kappa shape index (κ3) is 3.80. The van der Waals surface area contributed by atoms with Crippen LogP contribution in [0.2, 0.25) is 19.6 Å². The molecule has 0 bridgehead atoms. The van der Waals surface area contributed by atoms with Gasteiger partial charge >= 0.3 is 5.69 Å². The second kappa shape index (κ2) is 6.96. The van der Waals surface area contributed by atoms with E-state index in [2.05, 4.69) is 41.4 Å². The molecule has 1 fully saturated rings. The van der Waals surface area contributed by atoms with Gasteiger partial charge in [-0.1, -0.05) is 25.6 Å². The molecule has 1 aliphatic rings. The minimum absolute atomic E-state index is 0.0614. The van der Waals surface area contributed by atoms with Crippen molar-refractivity contribution in [1.29, 1.82) is 0 Å². The van der Waals surface area contributed by atoms with Gasteiger partial charge in [0.25, 0.3) is 0 Å². The molecule has 1 aliphatic heterocycles. The van der Waals surface area contributed by atoms with Crippen molar-refractivity contribution < 1.29 is 4.92 Å². The number of pyridine rings is 1. The Hall–Kier alpha value is -2.13. The van der Waals surface area contributed by atoms with Crippen molar-refractivity contribution in [3.8, 4) is 11.8 Å². The Labute approximate surface area is 138 Å². The third-order valence-electron chi connectivity index (χ3n) is 3.92. The van der Waals surface area contributed by atoms with Crippen LogP contribution < -0.4 is 4.90 Å². The van der Waals surface area contributed by atoms with Crippen LogP contribution in [0.15, 0.2) is 29.4 Å². The summed E-state index contributed by atoms with van der Waals surface area (Å²) in [6.45, 7) is 9.45. The molecule has 2 rings (SSSR count). The average Bonchev–Trinajstić information content (AvgIpc) is 2.51. The summed E-state index contributed by atoms with van der Waals surface area (Å²) in [4.78, 5) is 17.0. The van der Waals surface area contributed by atoms with Gasteiger partial charge in [-0.3, -0.25) is 15.1 Å². The molecule has 0 N–H and O–H groups in total. The second-order valence-electron chi connectivity index (χ2n) is 6.68. The molecule has 0 aromatic carbocycles. The number of anilines is 1. The number of aromatic nitrogens is 1. The summed E-state index contributed by atoms with van der Waals surface area (Å²) >= 11 is 0. The third-order valence-corrected chi connectivity index (χ3v) is 5.84. The quantitative estimate of drug-likeness (QED) is 0.362. The lowest BCUT2D eigenvalue weighted by molar-refractivity contribution is -0.384. The first-order valence-electron chi connectivity index (χ1n) is 7.88. The molecule has 0 spiro atoms. The Morgan fingerprint density at radius 1 is 1.39 bits per heavy atom. The maximum absolute atomic E-state index is 11.4. The number of piperidine rings is 1. The van der Waals surface area contributed by atoms with Gasteiger partial charge in [-0.25, -0.2) is 0 Å². The number of allylic oxidation sites excluding steroid dienone is 2. The molecule has 0 saturated carbocycles. The van der Waals surface area contributed by atoms with Gasteiger partial charge in [0.15, 0.2) is 0 Å². The van der Waals surface area contributed by atoms with E-state index in [-0.39, 0.29) is 10.6 Å². The van der Waals surface area contributed by atoms with Crippen molar-refractivity contribution in [2.45, 2.75) is 45.8 Å². The van der Waals surface area contributed by atoms with Crippen molar-refractivity contribution in [3.63, 3.8) is 0 Å². The minimum atomic E-state index is -1.64. The highest BCUT2D eigenvalue weighted by molar-refractivity contribution is 6.84. The van der Waals surface area contributed by atoms with E-state index in [9.17, 15) is 10.1 Å². The molecule has 0 unspecified atom stereocenters. The summed E-state index contributed by atoms with van der Waals surface area (Å²) < 4.78 is 0. The lowest BCUT2D eigenvalue weighted by Crippen LogP contribution is -2.35. The summed E-state index contributed by atoms with van der Waals surface area (Å²) in [7, 11) is -1.64. The number of hydrogen-bond donors (Lipinski definition) is 0. The van der Waals surface area contributed by atoms with Crippen LogP contribution in [0.25, 0.3) is 0 Å². The first-order valence-corrected chi connectivity index (χ1v) is 11.4. The predicted molar refractivity (Wildman–Crippen MR) is 95.9 cm³/mol. The van der Waals surface area contributed by atoms with Crippen molar-refractivity contribution in [2.24, 2.45) is 0 Å². The predicted octanol–water partition coefficient (Wildman–Crippen LogP) is 4.13. The van der Waals surface area contributed by atoms with Gasteiger partial charge < -0.3 is 4.90 Å². The molecule has 0 atom stereocenters. The van der Waals surface area contributed by atoms with Crippen LogP contribution in [0.3, 0.4) is 0 Å². The zero-order valence-corrected chi connectivity index (χ0v) is 15.2. The lowest BCUT2D eigenvalue weighted by atomic mass is 10.1. The lowest BCUT2D eigenvalue weighted by Gasteiger charge is -2.35. The molecule has 23 heavy (non-hydrogen) atoms. The van der Waals surface area contributed by atoms with Gasteiger partial charge in [-0.05, 0) is 32.3 Å². The van der Waals surface area contributed by atoms with E-state index < -0.39 is 8.07 Å². The Morgan fingerprint density at radius 2 is 2.13 bits per heavy atom. The van der Waals surface area contributed by atoms with E-state index in [4.69, 9.17) is 0 Å². The Balaban J connectivity index is 2.63. The maximum atomic E-state index is 11.4. The van der Waals surface area contributed by atoms with Crippen molar-refractivity contribution in [1.82, 2.24) is 4.98 Å². The van der Waals surface area contributed by atoms with Crippen molar-refractivity contribution >= 4 is 19.4 Å². The Kier molecular flexibility index (Phi) is 5.22. The fraction of sp³-hybridized carbons (Fsp3) is 0.471. The number of nitrogens with zero attached hydrogens (tertiary/aromatic N) is 3. The van der Waals surface area contributed by atoms with Crippen LogP contribution in [-0.2, 0) is 0 Å². The summed E-state index contributed by atoms with van der Waals surface area (Å²) in [5.41, 5.74) is 1.86. The molecular formula is C17H23N3O2Si. The van der Waals surface area contributed by atoms with E-state index in [1.165, 1.54) is 17.1 Å². The molecule has 122 valence electrons. The van der Waals surface area contributed by atoms with Crippen molar-refractivity contribution in [2.75, 3.05) is 11.4 Å². The van der Waals surface area contributed by atoms with Crippen LogP contribution in [0.1, 0.15) is 26.2 Å². The van der Waals surface area contributed by atoms with Crippen LogP contribution >= 0.6 is 0 Å². The van der Waals surface area contributed by atoms with Crippen LogP contribution in [0.4, 0.5) is 11.4 Å². The highest BCUT2D eigenvalue weighted by atomic mass is 28.3. The Morgan fingerprint density at radius 3 is 2.74 bits per heavy atom. The van der Waals surface area contributed by atoms with Gasteiger partial charge in [-0.15, -0.1) is 5.92 Å². The monoisotopic (exact) mass is 329 g/mol. The topological polar surface area (TPSA) is 59.3 Å². The highest BCUT2D eigenvalue weighted by Gasteiger charge is 2.30. The van der Waals surface area contributed by atoms with Gasteiger partial charge in [0.2, 0.25) is 0 Å². The van der Waals surface area contributed by atoms with Gasteiger partial charge in [0, 0.05) is 23.6 Å². The molecule has 0 amide bonds. The Bertz CT molecular complexity index is 696. The SMILES string of the molecule is CC#CC(=C1CCCCN1c1ccncc1[N+](=O)[O-])[Si](C)(C)C. The van der Waals surface area contributed by atoms with Gasteiger partial charge in [0.1, 0.15) is 11.9 Å². The fourth-order valence-corrected chi connectivity index (χ4v) is 4.55. The normalized spacial score (nSPS) is 17.3. The highest BCUT2D eigenvalue weighted by Crippen LogP contribution is 2.36.